The molecule has 1 rings (SSSR count). The summed E-state index contributed by atoms with van der Waals surface area (Å²) in [6.45, 7) is 4.65. The Kier molecular flexibility index (Phi) is 12.3. The van der Waals surface area contributed by atoms with Gasteiger partial charge in [0.1, 0.15) is 6.61 Å². The Bertz CT molecular complexity index is 789. The van der Waals surface area contributed by atoms with E-state index in [-0.39, 0.29) is 18.1 Å². The van der Waals surface area contributed by atoms with Crippen LogP contribution in [-0.2, 0) is 33.3 Å². The third-order valence-electron chi connectivity index (χ3n) is 2.90. The molecule has 14 heteroatoms. The number of hydrogen-bond donors (Lipinski definition) is 2. The Hall–Kier alpha value is -0.420. The summed E-state index contributed by atoms with van der Waals surface area (Å²) in [5, 5.41) is 0. The summed E-state index contributed by atoms with van der Waals surface area (Å²) in [6.07, 6.45) is 0. The molecule has 1 aromatic rings. The van der Waals surface area contributed by atoms with Gasteiger partial charge in [0.15, 0.2) is 0 Å². The van der Waals surface area contributed by atoms with E-state index >= 15 is 0 Å². The number of ether oxygens (including phenoxy) is 1. The molecule has 0 saturated heterocycles. The number of aryl methyl sites for hydroxylation is 1. The zero-order valence-corrected chi connectivity index (χ0v) is 19.9. The normalized spacial score (nSPS) is 13.2. The van der Waals surface area contributed by atoms with Crippen molar-refractivity contribution < 1.29 is 36.1 Å². The second-order valence-electron chi connectivity index (χ2n) is 5.33. The molecule has 0 spiro atoms. The minimum atomic E-state index is -4.02. The number of carbonyl (C=O) groups is 1. The van der Waals surface area contributed by atoms with Crippen molar-refractivity contribution in [1.29, 1.82) is 0 Å². The van der Waals surface area contributed by atoms with Crippen LogP contribution in [0.3, 0.4) is 0 Å². The second kappa shape index (κ2) is 12.4. The van der Waals surface area contributed by atoms with E-state index in [1.807, 2.05) is 6.92 Å². The Labute approximate surface area is 185 Å². The monoisotopic (exact) mass is 513 g/mol. The molecule has 0 amide bonds. The predicted octanol–water partition coefficient (Wildman–Crippen LogP) is 3.69. The topological polar surface area (TPSA) is 142 Å². The van der Waals surface area contributed by atoms with E-state index in [1.54, 1.807) is 26.0 Å². The minimum Gasteiger partial charge on any atom is -0.459 e. The Balaban J connectivity index is 0.000000604. The lowest BCUT2D eigenvalue weighted by Gasteiger charge is -2.22. The van der Waals surface area contributed by atoms with Crippen molar-refractivity contribution in [2.75, 3.05) is 19.8 Å². The molecule has 1 atom stereocenters. The Morgan fingerprint density at radius 1 is 1.17 bits per heavy atom. The van der Waals surface area contributed by atoms with Crippen LogP contribution in [0.25, 0.3) is 0 Å². The summed E-state index contributed by atoms with van der Waals surface area (Å²) >= 11 is 16.2. The van der Waals surface area contributed by atoms with Gasteiger partial charge in [0.2, 0.25) is 9.58 Å². The van der Waals surface area contributed by atoms with Crippen LogP contribution in [0, 0.1) is 6.92 Å². The van der Waals surface area contributed by atoms with E-state index < -0.39 is 39.9 Å². The summed E-state index contributed by atoms with van der Waals surface area (Å²) in [5.74, 6) is -2.60. The van der Waals surface area contributed by atoms with Crippen LogP contribution in [0.15, 0.2) is 29.2 Å². The first-order valence-electron chi connectivity index (χ1n) is 8.08. The summed E-state index contributed by atoms with van der Waals surface area (Å²) in [7, 11) is -7.79. The van der Waals surface area contributed by atoms with Crippen LogP contribution in [0.1, 0.15) is 19.4 Å². The predicted molar refractivity (Wildman–Crippen MR) is 111 cm³/mol. The van der Waals surface area contributed by atoms with Crippen LogP contribution in [0.2, 0.25) is 0 Å². The van der Waals surface area contributed by atoms with Crippen molar-refractivity contribution in [1.82, 2.24) is 0 Å². The highest BCUT2D eigenvalue weighted by Gasteiger charge is 2.40. The Morgan fingerprint density at radius 3 is 1.97 bits per heavy atom. The van der Waals surface area contributed by atoms with Crippen LogP contribution < -0.4 is 5.73 Å². The van der Waals surface area contributed by atoms with E-state index in [0.717, 1.165) is 5.56 Å². The lowest BCUT2D eigenvalue weighted by atomic mass is 10.2. The number of halogens is 3. The number of alkyl halides is 3. The van der Waals surface area contributed by atoms with Crippen molar-refractivity contribution >= 4 is 58.5 Å². The van der Waals surface area contributed by atoms with E-state index in [2.05, 4.69) is 4.74 Å². The van der Waals surface area contributed by atoms with Gasteiger partial charge in [0, 0.05) is 0 Å². The number of esters is 1. The summed E-state index contributed by atoms with van der Waals surface area (Å²) < 4.78 is 54.3. The highest BCUT2D eigenvalue weighted by atomic mass is 35.6. The molecule has 1 aromatic carbocycles. The van der Waals surface area contributed by atoms with Crippen LogP contribution in [0.5, 0.6) is 0 Å². The minimum absolute atomic E-state index is 0.0666. The van der Waals surface area contributed by atoms with Crippen molar-refractivity contribution in [2.45, 2.75) is 35.2 Å². The maximum atomic E-state index is 12.1. The van der Waals surface area contributed by atoms with E-state index in [9.17, 15) is 17.8 Å². The molecule has 0 aliphatic carbocycles. The number of benzene rings is 1. The van der Waals surface area contributed by atoms with Gasteiger partial charge in [-0.25, -0.2) is 4.79 Å². The molecule has 0 fully saturated rings. The van der Waals surface area contributed by atoms with E-state index in [1.165, 1.54) is 12.1 Å². The molecule has 0 aliphatic heterocycles. The molecular weight excluding hydrogens is 492 g/mol. The fourth-order valence-electron chi connectivity index (χ4n) is 1.64. The first-order valence-corrected chi connectivity index (χ1v) is 12.3. The van der Waals surface area contributed by atoms with Crippen molar-refractivity contribution in [2.24, 2.45) is 5.73 Å². The van der Waals surface area contributed by atoms with Crippen molar-refractivity contribution in [3.05, 3.63) is 29.8 Å². The van der Waals surface area contributed by atoms with Gasteiger partial charge in [-0.05, 0) is 32.9 Å². The van der Waals surface area contributed by atoms with Crippen molar-refractivity contribution in [3.8, 4) is 0 Å². The molecule has 3 N–H and O–H groups in total. The number of carbonyl (C=O) groups excluding carboxylic acids is 1. The average Bonchev–Trinajstić information content (AvgIpc) is 2.59. The van der Waals surface area contributed by atoms with Gasteiger partial charge >= 0.3 is 13.6 Å². The highest BCUT2D eigenvalue weighted by molar-refractivity contribution is 7.85. The molecule has 0 heterocycles. The summed E-state index contributed by atoms with van der Waals surface area (Å²) in [4.78, 5) is 11.5. The zero-order chi connectivity index (χ0) is 22.9. The molecule has 9 nitrogen and oxygen atoms in total. The molecule has 1 unspecified atom stereocenters. The van der Waals surface area contributed by atoms with Gasteiger partial charge in [-0.1, -0.05) is 52.5 Å². The van der Waals surface area contributed by atoms with Gasteiger partial charge in [-0.15, -0.1) is 0 Å². The molecule has 0 aliphatic rings. The largest absolute Gasteiger partial charge is 0.459 e. The van der Waals surface area contributed by atoms with Crippen molar-refractivity contribution in [3.63, 3.8) is 0 Å². The molecule has 0 radical (unpaired) electrons. The number of hydrogen-bond acceptors (Lipinski definition) is 8. The van der Waals surface area contributed by atoms with E-state index in [0.29, 0.717) is 0 Å². The maximum absolute atomic E-state index is 12.1. The molecular formula is C15H23Cl3NO8PS. The van der Waals surface area contributed by atoms with E-state index in [4.69, 9.17) is 54.1 Å². The third-order valence-corrected chi connectivity index (χ3v) is 6.22. The average molecular weight is 515 g/mol. The van der Waals surface area contributed by atoms with Gasteiger partial charge in [0.25, 0.3) is 10.1 Å². The van der Waals surface area contributed by atoms with Gasteiger partial charge in [-0.3, -0.25) is 9.12 Å². The first-order chi connectivity index (χ1) is 13.2. The summed E-state index contributed by atoms with van der Waals surface area (Å²) in [5.41, 5.74) is 6.44. The SMILES string of the molecule is CCOP(=O)(OCC)C(N)C(=O)OCC(Cl)(Cl)Cl.Cc1ccc(S(=O)(=O)O)cc1. The fourth-order valence-corrected chi connectivity index (χ4v) is 3.73. The zero-order valence-electron chi connectivity index (χ0n) is 15.9. The van der Waals surface area contributed by atoms with Crippen LogP contribution in [0.4, 0.5) is 0 Å². The lowest BCUT2D eigenvalue weighted by Crippen LogP contribution is -2.35. The number of nitrogens with two attached hydrogens (primary N) is 1. The molecule has 0 bridgehead atoms. The molecule has 0 aromatic heterocycles. The second-order valence-corrected chi connectivity index (χ2v) is 11.4. The standard InChI is InChI=1S/C8H15Cl3NO5P.C7H8O3S/c1-3-16-18(14,17-4-2)6(12)7(13)15-5-8(9,10)11;1-6-2-4-7(5-3-6)11(8,9)10/h6H,3-5,12H2,1-2H3;2-5H,1H3,(H,8,9,10). The molecule has 29 heavy (non-hydrogen) atoms. The van der Waals surface area contributed by atoms with Gasteiger partial charge in [0.05, 0.1) is 18.1 Å². The summed E-state index contributed by atoms with van der Waals surface area (Å²) in [6, 6.07) is 5.99. The highest BCUT2D eigenvalue weighted by Crippen LogP contribution is 2.51. The first kappa shape index (κ1) is 28.6. The fraction of sp³-hybridized carbons (Fsp3) is 0.533. The quantitative estimate of drug-likeness (QED) is 0.230. The van der Waals surface area contributed by atoms with Gasteiger partial charge < -0.3 is 19.5 Å². The maximum Gasteiger partial charge on any atom is 0.358 e. The van der Waals surface area contributed by atoms with Crippen LogP contribution >= 0.6 is 42.4 Å². The number of rotatable bonds is 8. The van der Waals surface area contributed by atoms with Gasteiger partial charge in [-0.2, -0.15) is 8.42 Å². The smallest absolute Gasteiger partial charge is 0.358 e. The Morgan fingerprint density at radius 2 is 1.62 bits per heavy atom. The molecule has 0 saturated carbocycles. The third kappa shape index (κ3) is 11.5. The lowest BCUT2D eigenvalue weighted by molar-refractivity contribution is -0.143. The molecule has 168 valence electrons. The van der Waals surface area contributed by atoms with Crippen LogP contribution in [-0.4, -0.2) is 48.3 Å².